The van der Waals surface area contributed by atoms with Crippen LogP contribution < -0.4 is 10.2 Å². The Kier molecular flexibility index (Phi) is 5.14. The number of halogens is 4. The molecule has 2 aliphatic rings. The van der Waals surface area contributed by atoms with Gasteiger partial charge in [-0.3, -0.25) is 14.5 Å². The number of hydrogen-bond acceptors (Lipinski definition) is 5. The summed E-state index contributed by atoms with van der Waals surface area (Å²) in [4.78, 5) is 30.8. The molecule has 1 aliphatic carbocycles. The second-order valence-electron chi connectivity index (χ2n) is 8.39. The maximum absolute atomic E-state index is 13.4. The number of amides is 2. The Labute approximate surface area is 190 Å². The Morgan fingerprint density at radius 3 is 2.68 bits per heavy atom. The van der Waals surface area contributed by atoms with Crippen LogP contribution in [0.15, 0.2) is 30.6 Å². The SMILES string of the molecule is CN1C(=O)[C@@H](NC(=O)c2ncn(Cc3ccc(F)c(F)c3)n2)CCn2nc([C@@H]3CC3(F)F)cc21. The molecule has 1 aromatic carbocycles. The number of anilines is 1. The number of rotatable bonds is 5. The van der Waals surface area contributed by atoms with Crippen molar-refractivity contribution >= 4 is 17.6 Å². The molecule has 0 saturated heterocycles. The zero-order valence-electron chi connectivity index (χ0n) is 17.9. The normalized spacial score (nSPS) is 21.2. The topological polar surface area (TPSA) is 97.9 Å². The highest BCUT2D eigenvalue weighted by Crippen LogP contribution is 2.55. The van der Waals surface area contributed by atoms with Gasteiger partial charge in [0.2, 0.25) is 5.82 Å². The monoisotopic (exact) mass is 477 g/mol. The van der Waals surface area contributed by atoms with Gasteiger partial charge in [-0.15, -0.1) is 5.10 Å². The highest BCUT2D eigenvalue weighted by Gasteiger charge is 2.59. The van der Waals surface area contributed by atoms with E-state index < -0.39 is 41.3 Å². The first-order valence-electron chi connectivity index (χ1n) is 10.5. The van der Waals surface area contributed by atoms with Crippen molar-refractivity contribution < 1.29 is 27.2 Å². The smallest absolute Gasteiger partial charge is 0.291 e. The molecule has 0 radical (unpaired) electrons. The van der Waals surface area contributed by atoms with Crippen molar-refractivity contribution in [2.24, 2.45) is 0 Å². The summed E-state index contributed by atoms with van der Waals surface area (Å²) in [5.41, 5.74) is 0.673. The average molecular weight is 477 g/mol. The van der Waals surface area contributed by atoms with Crippen LogP contribution in [-0.4, -0.2) is 55.4 Å². The van der Waals surface area contributed by atoms with Gasteiger partial charge < -0.3 is 5.32 Å². The molecule has 0 bridgehead atoms. The van der Waals surface area contributed by atoms with Gasteiger partial charge in [-0.25, -0.2) is 31.9 Å². The molecule has 3 heterocycles. The quantitative estimate of drug-likeness (QED) is 0.568. The molecule has 2 aromatic heterocycles. The van der Waals surface area contributed by atoms with E-state index in [9.17, 15) is 27.2 Å². The Balaban J connectivity index is 1.25. The van der Waals surface area contributed by atoms with Crippen molar-refractivity contribution in [3.05, 3.63) is 59.3 Å². The molecule has 2 amide bonds. The van der Waals surface area contributed by atoms with E-state index in [1.54, 1.807) is 0 Å². The Hall–Kier alpha value is -3.77. The molecular formula is C21H19F4N7O2. The van der Waals surface area contributed by atoms with Gasteiger partial charge >= 0.3 is 0 Å². The summed E-state index contributed by atoms with van der Waals surface area (Å²) in [5.74, 6) is -6.59. The van der Waals surface area contributed by atoms with Gasteiger partial charge in [0.05, 0.1) is 18.2 Å². The predicted molar refractivity (Wildman–Crippen MR) is 109 cm³/mol. The number of carbonyl (C=O) groups excluding carboxylic acids is 2. The van der Waals surface area contributed by atoms with Crippen molar-refractivity contribution in [1.82, 2.24) is 29.9 Å². The highest BCUT2D eigenvalue weighted by atomic mass is 19.3. The molecule has 3 aromatic rings. The van der Waals surface area contributed by atoms with Crippen molar-refractivity contribution in [1.29, 1.82) is 0 Å². The molecule has 34 heavy (non-hydrogen) atoms. The third-order valence-electron chi connectivity index (χ3n) is 5.94. The first-order chi connectivity index (χ1) is 16.1. The van der Waals surface area contributed by atoms with Gasteiger partial charge in [0.1, 0.15) is 18.2 Å². The number of alkyl halides is 2. The number of carbonyl (C=O) groups is 2. The minimum absolute atomic E-state index is 0.0616. The lowest BCUT2D eigenvalue weighted by Crippen LogP contribution is -2.47. The molecule has 1 saturated carbocycles. The fourth-order valence-electron chi connectivity index (χ4n) is 3.94. The van der Waals surface area contributed by atoms with Crippen molar-refractivity contribution in [3.8, 4) is 0 Å². The molecular weight excluding hydrogens is 458 g/mol. The van der Waals surface area contributed by atoms with Crippen LogP contribution in [0.1, 0.15) is 40.6 Å². The van der Waals surface area contributed by atoms with Crippen LogP contribution in [0.25, 0.3) is 0 Å². The molecule has 1 fully saturated rings. The van der Waals surface area contributed by atoms with Crippen molar-refractivity contribution in [2.45, 2.75) is 43.8 Å². The van der Waals surface area contributed by atoms with E-state index >= 15 is 0 Å². The van der Waals surface area contributed by atoms with E-state index in [2.05, 4.69) is 20.5 Å². The van der Waals surface area contributed by atoms with Crippen LogP contribution in [0.3, 0.4) is 0 Å². The number of hydrogen-bond donors (Lipinski definition) is 1. The van der Waals surface area contributed by atoms with Crippen LogP contribution in [-0.2, 0) is 17.9 Å². The number of benzene rings is 1. The van der Waals surface area contributed by atoms with E-state index in [-0.39, 0.29) is 37.4 Å². The van der Waals surface area contributed by atoms with E-state index in [4.69, 9.17) is 0 Å². The maximum atomic E-state index is 13.4. The minimum Gasteiger partial charge on any atom is -0.337 e. The largest absolute Gasteiger partial charge is 0.337 e. The highest BCUT2D eigenvalue weighted by molar-refractivity contribution is 6.00. The van der Waals surface area contributed by atoms with Gasteiger partial charge in [0.15, 0.2) is 11.6 Å². The van der Waals surface area contributed by atoms with Gasteiger partial charge in [-0.2, -0.15) is 5.10 Å². The molecule has 0 unspecified atom stereocenters. The van der Waals surface area contributed by atoms with E-state index in [1.165, 1.54) is 39.8 Å². The van der Waals surface area contributed by atoms with Gasteiger partial charge in [-0.05, 0) is 24.1 Å². The molecule has 1 N–H and O–H groups in total. The fraction of sp³-hybridized carbons (Fsp3) is 0.381. The van der Waals surface area contributed by atoms with Gasteiger partial charge in [0.25, 0.3) is 17.7 Å². The Morgan fingerprint density at radius 1 is 1.21 bits per heavy atom. The fourth-order valence-corrected chi connectivity index (χ4v) is 3.94. The van der Waals surface area contributed by atoms with Gasteiger partial charge in [-0.1, -0.05) is 6.07 Å². The van der Waals surface area contributed by atoms with Crippen LogP contribution in [0.2, 0.25) is 0 Å². The number of nitrogens with one attached hydrogen (secondary N) is 1. The summed E-state index contributed by atoms with van der Waals surface area (Å²) >= 11 is 0. The molecule has 2 atom stereocenters. The maximum Gasteiger partial charge on any atom is 0.291 e. The summed E-state index contributed by atoms with van der Waals surface area (Å²) < 4.78 is 56.1. The molecule has 0 spiro atoms. The molecule has 9 nitrogen and oxygen atoms in total. The number of aryl methyl sites for hydroxylation is 1. The summed E-state index contributed by atoms with van der Waals surface area (Å²) in [6, 6.07) is 3.99. The van der Waals surface area contributed by atoms with Gasteiger partial charge in [0, 0.05) is 26.1 Å². The number of likely N-dealkylation sites (N-methyl/N-ethyl adjacent to an activating group) is 1. The van der Waals surface area contributed by atoms with Crippen molar-refractivity contribution in [3.63, 3.8) is 0 Å². The van der Waals surface area contributed by atoms with E-state index in [0.29, 0.717) is 11.4 Å². The Morgan fingerprint density at radius 2 is 1.97 bits per heavy atom. The lowest BCUT2D eigenvalue weighted by Gasteiger charge is -2.19. The molecule has 5 rings (SSSR count). The Bertz CT molecular complexity index is 1290. The first-order valence-corrected chi connectivity index (χ1v) is 10.5. The van der Waals surface area contributed by atoms with Crippen LogP contribution >= 0.6 is 0 Å². The minimum atomic E-state index is -2.76. The predicted octanol–water partition coefficient (Wildman–Crippen LogP) is 2.09. The molecule has 178 valence electrons. The molecule has 13 heteroatoms. The second kappa shape index (κ2) is 7.92. The van der Waals surface area contributed by atoms with E-state index in [0.717, 1.165) is 12.1 Å². The number of nitrogens with zero attached hydrogens (tertiary/aromatic N) is 6. The van der Waals surface area contributed by atoms with E-state index in [1.807, 2.05) is 0 Å². The van der Waals surface area contributed by atoms with Crippen LogP contribution in [0, 0.1) is 11.6 Å². The summed E-state index contributed by atoms with van der Waals surface area (Å²) in [6.07, 6.45) is 1.21. The lowest BCUT2D eigenvalue weighted by atomic mass is 10.2. The average Bonchev–Trinajstić information content (AvgIpc) is 3.14. The van der Waals surface area contributed by atoms with Crippen LogP contribution in [0.5, 0.6) is 0 Å². The summed E-state index contributed by atoms with van der Waals surface area (Å²) in [6.45, 7) is 0.304. The third kappa shape index (κ3) is 4.01. The summed E-state index contributed by atoms with van der Waals surface area (Å²) in [5, 5.41) is 10.9. The van der Waals surface area contributed by atoms with Crippen LogP contribution in [0.4, 0.5) is 23.4 Å². The number of fused-ring (bicyclic) bond motifs is 1. The lowest BCUT2D eigenvalue weighted by molar-refractivity contribution is -0.120. The zero-order chi connectivity index (χ0) is 24.2. The third-order valence-corrected chi connectivity index (χ3v) is 5.94. The second-order valence-corrected chi connectivity index (χ2v) is 8.39. The molecule has 1 aliphatic heterocycles. The first kappa shape index (κ1) is 22.0. The van der Waals surface area contributed by atoms with Crippen molar-refractivity contribution in [2.75, 3.05) is 11.9 Å². The summed E-state index contributed by atoms with van der Waals surface area (Å²) in [7, 11) is 1.49. The standard InChI is InChI=1S/C21H19F4N7O2/c1-30-17-7-16(12-8-21(12,24)25)28-32(17)5-4-15(20(30)34)27-19(33)18-26-10-31(29-18)9-11-2-3-13(22)14(23)6-11/h2-3,6-7,10,12,15H,4-5,8-9H2,1H3,(H,27,33)/t12-,15-/m0/s1. The zero-order valence-corrected chi connectivity index (χ0v) is 17.9. The number of aromatic nitrogens is 5.